The lowest BCUT2D eigenvalue weighted by molar-refractivity contribution is 0.384. The summed E-state index contributed by atoms with van der Waals surface area (Å²) in [6, 6.07) is 2.54. The number of likely N-dealkylation sites (N-methyl/N-ethyl adjacent to an activating group) is 1. The van der Waals surface area contributed by atoms with E-state index in [2.05, 4.69) is 29.2 Å². The van der Waals surface area contributed by atoms with Crippen molar-refractivity contribution in [2.45, 2.75) is 12.5 Å². The molecule has 1 atom stereocenters. The zero-order valence-electron chi connectivity index (χ0n) is 7.40. The van der Waals surface area contributed by atoms with Gasteiger partial charge in [-0.3, -0.25) is 0 Å². The van der Waals surface area contributed by atoms with Crippen molar-refractivity contribution >= 4 is 11.8 Å². The van der Waals surface area contributed by atoms with Crippen molar-refractivity contribution < 1.29 is 0 Å². The van der Waals surface area contributed by atoms with Crippen LogP contribution in [0.25, 0.3) is 0 Å². The fourth-order valence-electron chi connectivity index (χ4n) is 1.58. The van der Waals surface area contributed by atoms with Crippen molar-refractivity contribution in [1.82, 2.24) is 4.90 Å². The summed E-state index contributed by atoms with van der Waals surface area (Å²) in [5.74, 6) is 0. The molecular formula is C10H10N2S. The lowest BCUT2D eigenvalue weighted by Gasteiger charge is -2.21. The molecule has 0 N–H and O–H groups in total. The molecule has 1 unspecified atom stereocenters. The first-order chi connectivity index (χ1) is 6.33. The van der Waals surface area contributed by atoms with E-state index in [1.807, 2.05) is 7.05 Å². The Kier molecular flexibility index (Phi) is 2.15. The molecule has 0 aromatic carbocycles. The summed E-state index contributed by atoms with van der Waals surface area (Å²) < 4.78 is 0. The molecule has 1 saturated heterocycles. The van der Waals surface area contributed by atoms with E-state index in [-0.39, 0.29) is 0 Å². The summed E-state index contributed by atoms with van der Waals surface area (Å²) in [4.78, 5) is 3.52. The van der Waals surface area contributed by atoms with Crippen LogP contribution in [0.15, 0.2) is 34.2 Å². The number of nitriles is 1. The predicted molar refractivity (Wildman–Crippen MR) is 54.7 cm³/mol. The Morgan fingerprint density at radius 1 is 1.77 bits per heavy atom. The molecule has 2 rings (SSSR count). The van der Waals surface area contributed by atoms with Crippen LogP contribution in [0.4, 0.5) is 0 Å². The third kappa shape index (κ3) is 1.38. The van der Waals surface area contributed by atoms with Gasteiger partial charge in [0.1, 0.15) is 0 Å². The van der Waals surface area contributed by atoms with Gasteiger partial charge in [0.25, 0.3) is 0 Å². The van der Waals surface area contributed by atoms with Crippen LogP contribution in [0, 0.1) is 11.3 Å². The van der Waals surface area contributed by atoms with Crippen molar-refractivity contribution in [2.24, 2.45) is 0 Å². The zero-order chi connectivity index (χ0) is 9.26. The van der Waals surface area contributed by atoms with Crippen LogP contribution in [-0.4, -0.2) is 18.0 Å². The molecule has 2 nitrogen and oxygen atoms in total. The second-order valence-corrected chi connectivity index (χ2v) is 4.17. The average Bonchev–Trinajstić information content (AvgIpc) is 2.46. The Bertz CT molecular complexity index is 346. The molecule has 0 aromatic heterocycles. The maximum Gasteiger partial charge on any atom is 0.0939 e. The number of rotatable bonds is 0. The van der Waals surface area contributed by atoms with Crippen molar-refractivity contribution in [2.75, 3.05) is 7.05 Å². The smallest absolute Gasteiger partial charge is 0.0939 e. The monoisotopic (exact) mass is 190 g/mol. The molecular weight excluding hydrogens is 180 g/mol. The number of hydrogen-bond acceptors (Lipinski definition) is 3. The highest BCUT2D eigenvalue weighted by Gasteiger charge is 2.30. The Labute approximate surface area is 82.2 Å². The van der Waals surface area contributed by atoms with Gasteiger partial charge in [-0.1, -0.05) is 30.0 Å². The van der Waals surface area contributed by atoms with Gasteiger partial charge in [-0.05, 0) is 6.42 Å². The third-order valence-corrected chi connectivity index (χ3v) is 3.57. The summed E-state index contributed by atoms with van der Waals surface area (Å²) in [7, 11) is 2.04. The van der Waals surface area contributed by atoms with Crippen LogP contribution in [0.5, 0.6) is 0 Å². The van der Waals surface area contributed by atoms with E-state index in [0.717, 1.165) is 11.4 Å². The summed E-state index contributed by atoms with van der Waals surface area (Å²) >= 11 is 1.70. The molecule has 2 aliphatic rings. The normalized spacial score (nSPS) is 28.6. The average molecular weight is 190 g/mol. The molecule has 0 bridgehead atoms. The molecule has 0 amide bonds. The zero-order valence-corrected chi connectivity index (χ0v) is 8.21. The summed E-state index contributed by atoms with van der Waals surface area (Å²) in [6.07, 6.45) is 9.05. The van der Waals surface area contributed by atoms with Gasteiger partial charge < -0.3 is 4.90 Å². The van der Waals surface area contributed by atoms with E-state index < -0.39 is 0 Å². The molecule has 1 aliphatic carbocycles. The van der Waals surface area contributed by atoms with Gasteiger partial charge >= 0.3 is 0 Å². The molecule has 1 aliphatic heterocycles. The van der Waals surface area contributed by atoms with Gasteiger partial charge in [-0.2, -0.15) is 5.26 Å². The van der Waals surface area contributed by atoms with E-state index >= 15 is 0 Å². The molecule has 13 heavy (non-hydrogen) atoms. The highest BCUT2D eigenvalue weighted by atomic mass is 32.2. The van der Waals surface area contributed by atoms with Crippen molar-refractivity contribution in [3.63, 3.8) is 0 Å². The minimum Gasteiger partial charge on any atom is -0.361 e. The number of hydrogen-bond donors (Lipinski definition) is 0. The standard InChI is InChI=1S/C10H10N2S/c1-12-8-4-2-3-5-9(8)13-10(12)6-7-11/h2-3,5-6,8H,4H2,1H3. The van der Waals surface area contributed by atoms with Crippen molar-refractivity contribution in [3.05, 3.63) is 34.2 Å². The summed E-state index contributed by atoms with van der Waals surface area (Å²) in [5, 5.41) is 9.63. The summed E-state index contributed by atoms with van der Waals surface area (Å²) in [6.45, 7) is 0. The number of fused-ring (bicyclic) bond motifs is 1. The van der Waals surface area contributed by atoms with Crippen LogP contribution in [0.2, 0.25) is 0 Å². The van der Waals surface area contributed by atoms with E-state index in [0.29, 0.717) is 6.04 Å². The first-order valence-electron chi connectivity index (χ1n) is 4.20. The topological polar surface area (TPSA) is 27.0 Å². The van der Waals surface area contributed by atoms with Gasteiger partial charge in [-0.15, -0.1) is 0 Å². The molecule has 3 heteroatoms. The van der Waals surface area contributed by atoms with E-state index in [4.69, 9.17) is 5.26 Å². The van der Waals surface area contributed by atoms with Gasteiger partial charge in [0.15, 0.2) is 0 Å². The van der Waals surface area contributed by atoms with Crippen LogP contribution in [0.1, 0.15) is 6.42 Å². The fraction of sp³-hybridized carbons (Fsp3) is 0.300. The highest BCUT2D eigenvalue weighted by Crippen LogP contribution is 2.43. The molecule has 66 valence electrons. The van der Waals surface area contributed by atoms with Gasteiger partial charge in [0, 0.05) is 18.0 Å². The van der Waals surface area contributed by atoms with Crippen LogP contribution in [0.3, 0.4) is 0 Å². The minimum absolute atomic E-state index is 0.467. The number of allylic oxidation sites excluding steroid dienone is 3. The Morgan fingerprint density at radius 3 is 3.31 bits per heavy atom. The number of nitrogens with zero attached hydrogens (tertiary/aromatic N) is 2. The minimum atomic E-state index is 0.467. The van der Waals surface area contributed by atoms with E-state index in [1.54, 1.807) is 17.8 Å². The van der Waals surface area contributed by atoms with Gasteiger partial charge in [-0.25, -0.2) is 0 Å². The Morgan fingerprint density at radius 2 is 2.62 bits per heavy atom. The van der Waals surface area contributed by atoms with Crippen LogP contribution < -0.4 is 0 Å². The highest BCUT2D eigenvalue weighted by molar-refractivity contribution is 8.07. The van der Waals surface area contributed by atoms with Crippen molar-refractivity contribution in [1.29, 1.82) is 5.26 Å². The second kappa shape index (κ2) is 3.31. The van der Waals surface area contributed by atoms with Crippen molar-refractivity contribution in [3.8, 4) is 6.07 Å². The fourth-order valence-corrected chi connectivity index (χ4v) is 2.74. The third-order valence-electron chi connectivity index (χ3n) is 2.31. The predicted octanol–water partition coefficient (Wildman–Crippen LogP) is 2.24. The van der Waals surface area contributed by atoms with Crippen LogP contribution in [-0.2, 0) is 0 Å². The van der Waals surface area contributed by atoms with Gasteiger partial charge in [0.2, 0.25) is 0 Å². The lowest BCUT2D eigenvalue weighted by atomic mass is 10.1. The van der Waals surface area contributed by atoms with Crippen LogP contribution >= 0.6 is 11.8 Å². The first-order valence-corrected chi connectivity index (χ1v) is 5.02. The maximum atomic E-state index is 8.58. The largest absolute Gasteiger partial charge is 0.361 e. The Hall–Kier alpha value is -1.14. The Balaban J connectivity index is 2.28. The first kappa shape index (κ1) is 8.46. The second-order valence-electron chi connectivity index (χ2n) is 3.07. The molecule has 0 saturated carbocycles. The molecule has 0 radical (unpaired) electrons. The quantitative estimate of drug-likeness (QED) is 0.548. The molecule has 0 spiro atoms. The van der Waals surface area contributed by atoms with E-state index in [1.165, 1.54) is 4.91 Å². The summed E-state index contributed by atoms with van der Waals surface area (Å²) in [5.41, 5.74) is 0. The van der Waals surface area contributed by atoms with Gasteiger partial charge in [0.05, 0.1) is 17.1 Å². The SMILES string of the molecule is CN1C(=CC#N)SC2=CC=CCC21. The maximum absolute atomic E-state index is 8.58. The molecule has 0 aromatic rings. The molecule has 1 heterocycles. The lowest BCUT2D eigenvalue weighted by Crippen LogP contribution is -2.24. The number of thioether (sulfide) groups is 1. The van der Waals surface area contributed by atoms with E-state index in [9.17, 15) is 0 Å². The molecule has 1 fully saturated rings.